The van der Waals surface area contributed by atoms with Crippen LogP contribution in [0.15, 0.2) is 24.3 Å². The van der Waals surface area contributed by atoms with E-state index in [1.165, 1.54) is 89.9 Å². The Kier molecular flexibility index (Phi) is 20.3. The standard InChI is InChI=1S/C29H58NO4P/c1-5-6-7-8-9-10-11-12-13-14-15-16-17-18-19-20-21-22-23-24-25-26-27-29(31,35(32,33)34)28-30(2,3)4/h14-15,22-23,31H,5-13,16-21,24-28H2,1-4H3,(H-,32,33,34)/p+1/b15-14-,23-22-. The van der Waals surface area contributed by atoms with Crippen molar-refractivity contribution < 1.29 is 23.9 Å². The highest BCUT2D eigenvalue weighted by Gasteiger charge is 2.48. The molecule has 1 atom stereocenters. The van der Waals surface area contributed by atoms with Crippen LogP contribution in [0.1, 0.15) is 129 Å². The third kappa shape index (κ3) is 21.4. The first-order chi connectivity index (χ1) is 16.5. The number of nitrogens with zero attached hydrogens (tertiary/aromatic N) is 1. The average molecular weight is 517 g/mol. The molecule has 0 heterocycles. The molecule has 0 aromatic rings. The molecule has 0 radical (unpaired) electrons. The maximum Gasteiger partial charge on any atom is 0.362 e. The van der Waals surface area contributed by atoms with Crippen molar-refractivity contribution in [3.8, 4) is 0 Å². The molecule has 0 fully saturated rings. The number of quaternary nitrogens is 1. The first kappa shape index (κ1) is 34.6. The lowest BCUT2D eigenvalue weighted by atomic mass is 10.1. The Morgan fingerprint density at radius 3 is 1.31 bits per heavy atom. The molecule has 208 valence electrons. The molecule has 0 rings (SSSR count). The van der Waals surface area contributed by atoms with Crippen molar-refractivity contribution in [1.82, 2.24) is 0 Å². The molecule has 0 aliphatic heterocycles. The molecular weight excluding hydrogens is 457 g/mol. The van der Waals surface area contributed by atoms with Crippen molar-refractivity contribution in [2.24, 2.45) is 0 Å². The Morgan fingerprint density at radius 1 is 0.629 bits per heavy atom. The van der Waals surface area contributed by atoms with Gasteiger partial charge in [0, 0.05) is 0 Å². The van der Waals surface area contributed by atoms with Gasteiger partial charge in [-0.05, 0) is 64.2 Å². The van der Waals surface area contributed by atoms with E-state index >= 15 is 0 Å². The summed E-state index contributed by atoms with van der Waals surface area (Å²) in [5, 5.41) is 8.62. The summed E-state index contributed by atoms with van der Waals surface area (Å²) in [6.45, 7) is 2.32. The molecule has 5 nitrogen and oxygen atoms in total. The fraction of sp³-hybridized carbons (Fsp3) is 0.862. The lowest BCUT2D eigenvalue weighted by Gasteiger charge is -2.35. The summed E-state index contributed by atoms with van der Waals surface area (Å²) in [5.74, 6) is 0. The van der Waals surface area contributed by atoms with Gasteiger partial charge < -0.3 is 19.4 Å². The Bertz CT molecular complexity index is 594. The second kappa shape index (κ2) is 20.6. The van der Waals surface area contributed by atoms with E-state index in [1.54, 1.807) is 0 Å². The van der Waals surface area contributed by atoms with Crippen LogP contribution in [-0.4, -0.2) is 52.4 Å². The van der Waals surface area contributed by atoms with E-state index in [2.05, 4.69) is 31.2 Å². The van der Waals surface area contributed by atoms with Crippen LogP contribution in [-0.2, 0) is 4.57 Å². The van der Waals surface area contributed by atoms with Crippen molar-refractivity contribution in [2.45, 2.75) is 134 Å². The third-order valence-corrected chi connectivity index (χ3v) is 7.97. The lowest BCUT2D eigenvalue weighted by Crippen LogP contribution is -2.49. The Morgan fingerprint density at radius 2 is 0.971 bits per heavy atom. The molecule has 0 bridgehead atoms. The van der Waals surface area contributed by atoms with Gasteiger partial charge in [-0.15, -0.1) is 0 Å². The maximum absolute atomic E-state index is 11.8. The molecule has 0 aliphatic rings. The molecule has 0 aromatic carbocycles. The zero-order valence-electron chi connectivity index (χ0n) is 23.6. The smallest absolute Gasteiger partial charge is 0.362 e. The summed E-state index contributed by atoms with van der Waals surface area (Å²) in [5.41, 5.74) is 0. The molecule has 0 saturated carbocycles. The van der Waals surface area contributed by atoms with E-state index in [0.717, 1.165) is 19.3 Å². The predicted octanol–water partition coefficient (Wildman–Crippen LogP) is 8.10. The highest BCUT2D eigenvalue weighted by atomic mass is 31.2. The minimum atomic E-state index is -4.56. The SMILES string of the molecule is CCCCCCCCCC/C=C\CCCCCC/C=C\CCCCC(O)(C[N+](C)(C)C)P(=O)(O)O. The van der Waals surface area contributed by atoms with Crippen molar-refractivity contribution in [3.63, 3.8) is 0 Å². The number of likely N-dealkylation sites (N-methyl/N-ethyl adjacent to an activating group) is 1. The van der Waals surface area contributed by atoms with Gasteiger partial charge in [0.25, 0.3) is 0 Å². The van der Waals surface area contributed by atoms with Crippen molar-refractivity contribution >= 4 is 7.60 Å². The molecule has 0 amide bonds. The number of hydrogen-bond acceptors (Lipinski definition) is 2. The van der Waals surface area contributed by atoms with Crippen LogP contribution in [0, 0.1) is 0 Å². The summed E-state index contributed by atoms with van der Waals surface area (Å²) < 4.78 is 12.1. The van der Waals surface area contributed by atoms with Gasteiger partial charge in [-0.1, -0.05) is 89.0 Å². The predicted molar refractivity (Wildman–Crippen MR) is 152 cm³/mol. The van der Waals surface area contributed by atoms with Crippen molar-refractivity contribution in [2.75, 3.05) is 27.7 Å². The highest BCUT2D eigenvalue weighted by molar-refractivity contribution is 7.53. The van der Waals surface area contributed by atoms with Gasteiger partial charge in [0.2, 0.25) is 5.34 Å². The largest absolute Gasteiger partial charge is 0.373 e. The third-order valence-electron chi connectivity index (χ3n) is 6.52. The highest BCUT2D eigenvalue weighted by Crippen LogP contribution is 2.52. The van der Waals surface area contributed by atoms with Crippen LogP contribution >= 0.6 is 7.60 Å². The van der Waals surface area contributed by atoms with Gasteiger partial charge in [-0.2, -0.15) is 0 Å². The molecule has 3 N–H and O–H groups in total. The summed E-state index contributed by atoms with van der Waals surface area (Å²) >= 11 is 0. The number of rotatable bonds is 24. The summed E-state index contributed by atoms with van der Waals surface area (Å²) in [6.07, 6.45) is 31.4. The van der Waals surface area contributed by atoms with Gasteiger partial charge in [0.1, 0.15) is 6.54 Å². The molecule has 0 aromatic heterocycles. The van der Waals surface area contributed by atoms with Crippen LogP contribution in [0.2, 0.25) is 0 Å². The minimum Gasteiger partial charge on any atom is -0.373 e. The van der Waals surface area contributed by atoms with E-state index in [0.29, 0.717) is 10.9 Å². The maximum atomic E-state index is 11.8. The fourth-order valence-electron chi connectivity index (χ4n) is 4.49. The zero-order chi connectivity index (χ0) is 26.5. The zero-order valence-corrected chi connectivity index (χ0v) is 24.5. The second-order valence-corrected chi connectivity index (χ2v) is 13.3. The summed E-state index contributed by atoms with van der Waals surface area (Å²) in [6, 6.07) is 0. The summed E-state index contributed by atoms with van der Waals surface area (Å²) in [4.78, 5) is 19.2. The van der Waals surface area contributed by atoms with Gasteiger partial charge in [0.15, 0.2) is 0 Å². The van der Waals surface area contributed by atoms with E-state index in [4.69, 9.17) is 0 Å². The molecular formula is C29H59NO4P+. The average Bonchev–Trinajstić information content (AvgIpc) is 2.75. The first-order valence-corrected chi connectivity index (χ1v) is 16.0. The van der Waals surface area contributed by atoms with Crippen LogP contribution in [0.4, 0.5) is 0 Å². The van der Waals surface area contributed by atoms with E-state index in [9.17, 15) is 19.5 Å². The lowest BCUT2D eigenvalue weighted by molar-refractivity contribution is -0.875. The fourth-order valence-corrected chi connectivity index (χ4v) is 5.55. The molecule has 1 unspecified atom stereocenters. The molecule has 0 aliphatic carbocycles. The molecule has 6 heteroatoms. The summed E-state index contributed by atoms with van der Waals surface area (Å²) in [7, 11) is 0.933. The number of hydrogen-bond donors (Lipinski definition) is 3. The Hall–Kier alpha value is -0.450. The normalized spacial score (nSPS) is 14.8. The number of aliphatic hydroxyl groups is 1. The molecule has 0 spiro atoms. The van der Waals surface area contributed by atoms with Crippen LogP contribution in [0.3, 0.4) is 0 Å². The Balaban J connectivity index is 3.61. The van der Waals surface area contributed by atoms with Crippen LogP contribution in [0.25, 0.3) is 0 Å². The van der Waals surface area contributed by atoms with Gasteiger partial charge in [-0.3, -0.25) is 4.57 Å². The topological polar surface area (TPSA) is 77.8 Å². The van der Waals surface area contributed by atoms with E-state index < -0.39 is 12.9 Å². The van der Waals surface area contributed by atoms with Gasteiger partial charge in [0.05, 0.1) is 21.1 Å². The Labute approximate surface area is 217 Å². The van der Waals surface area contributed by atoms with Crippen LogP contribution < -0.4 is 0 Å². The van der Waals surface area contributed by atoms with Crippen LogP contribution in [0.5, 0.6) is 0 Å². The second-order valence-electron chi connectivity index (χ2n) is 11.4. The van der Waals surface area contributed by atoms with Gasteiger partial charge in [-0.25, -0.2) is 0 Å². The molecule has 0 saturated heterocycles. The quantitative estimate of drug-likeness (QED) is 0.0524. The number of unbranched alkanes of at least 4 members (excludes halogenated alkanes) is 15. The monoisotopic (exact) mass is 516 g/mol. The molecule has 35 heavy (non-hydrogen) atoms. The first-order valence-electron chi connectivity index (χ1n) is 14.4. The van der Waals surface area contributed by atoms with E-state index in [1.807, 2.05) is 21.1 Å². The van der Waals surface area contributed by atoms with Gasteiger partial charge >= 0.3 is 7.60 Å². The number of allylic oxidation sites excluding steroid dienone is 4. The van der Waals surface area contributed by atoms with Crippen molar-refractivity contribution in [1.29, 1.82) is 0 Å². The minimum absolute atomic E-state index is 0.0438. The van der Waals surface area contributed by atoms with E-state index in [-0.39, 0.29) is 13.0 Å². The van der Waals surface area contributed by atoms with Crippen molar-refractivity contribution in [3.05, 3.63) is 24.3 Å².